The highest BCUT2D eigenvalue weighted by molar-refractivity contribution is 7.89. The van der Waals surface area contributed by atoms with Gasteiger partial charge in [0.05, 0.1) is 10.9 Å². The van der Waals surface area contributed by atoms with Crippen LogP contribution in [0.4, 0.5) is 0 Å². The van der Waals surface area contributed by atoms with E-state index in [9.17, 15) is 8.42 Å². The van der Waals surface area contributed by atoms with Gasteiger partial charge in [-0.3, -0.25) is 4.90 Å². The van der Waals surface area contributed by atoms with E-state index < -0.39 is 10.0 Å². The van der Waals surface area contributed by atoms with Gasteiger partial charge in [-0.25, -0.2) is 8.42 Å². The Hall–Kier alpha value is -1.77. The van der Waals surface area contributed by atoms with Crippen molar-refractivity contribution in [3.8, 4) is 0 Å². The fourth-order valence-corrected chi connectivity index (χ4v) is 6.38. The van der Waals surface area contributed by atoms with E-state index in [1.807, 2.05) is 27.7 Å². The summed E-state index contributed by atoms with van der Waals surface area (Å²) in [7, 11) is -3.54. The van der Waals surface area contributed by atoms with E-state index in [-0.39, 0.29) is 6.04 Å². The smallest absolute Gasteiger partial charge is 0.243 e. The molecule has 4 rings (SSSR count). The van der Waals surface area contributed by atoms with Crippen LogP contribution in [-0.4, -0.2) is 53.9 Å². The molecule has 1 aromatic carbocycles. The quantitative estimate of drug-likeness (QED) is 0.719. The summed E-state index contributed by atoms with van der Waals surface area (Å²) in [5, 5.41) is 4.11. The molecule has 2 aliphatic rings. The van der Waals surface area contributed by atoms with Crippen molar-refractivity contribution >= 4 is 10.0 Å². The van der Waals surface area contributed by atoms with Crippen LogP contribution in [0.1, 0.15) is 71.3 Å². The molecule has 0 amide bonds. The zero-order valence-electron chi connectivity index (χ0n) is 18.8. The van der Waals surface area contributed by atoms with Crippen molar-refractivity contribution in [1.82, 2.24) is 19.3 Å². The van der Waals surface area contributed by atoms with Gasteiger partial charge in [-0.2, -0.15) is 9.29 Å². The number of aromatic nitrogens is 2. The first-order valence-electron chi connectivity index (χ1n) is 10.8. The minimum absolute atomic E-state index is 0.0119. The van der Waals surface area contributed by atoms with Crippen LogP contribution in [0.25, 0.3) is 0 Å². The second kappa shape index (κ2) is 7.73. The van der Waals surface area contributed by atoms with Crippen molar-refractivity contribution in [3.05, 3.63) is 39.5 Å². The molecular weight excluding hydrogens is 400 g/mol. The summed E-state index contributed by atoms with van der Waals surface area (Å²) in [5.41, 5.74) is 5.03. The number of hydrogen-bond donors (Lipinski definition) is 0. The summed E-state index contributed by atoms with van der Waals surface area (Å²) in [6, 6.07) is -0.0119. The number of hydrogen-bond acceptors (Lipinski definition) is 6. The van der Waals surface area contributed by atoms with Crippen LogP contribution in [-0.2, 0) is 10.0 Å². The number of nitrogens with zero attached hydrogens (tertiary/aromatic N) is 4. The predicted molar refractivity (Wildman–Crippen MR) is 115 cm³/mol. The van der Waals surface area contributed by atoms with E-state index in [0.29, 0.717) is 42.9 Å². The molecule has 0 bridgehead atoms. The molecule has 2 fully saturated rings. The lowest BCUT2D eigenvalue weighted by Crippen LogP contribution is -2.49. The second-order valence-corrected chi connectivity index (χ2v) is 10.7. The molecule has 30 heavy (non-hydrogen) atoms. The third-order valence-corrected chi connectivity index (χ3v) is 9.28. The first-order chi connectivity index (χ1) is 14.1. The second-order valence-electron chi connectivity index (χ2n) is 8.84. The minimum atomic E-state index is -3.54. The van der Waals surface area contributed by atoms with E-state index in [2.05, 4.69) is 28.9 Å². The Morgan fingerprint density at radius 3 is 1.97 bits per heavy atom. The van der Waals surface area contributed by atoms with E-state index in [4.69, 9.17) is 4.52 Å². The normalized spacial score (nSPS) is 19.9. The van der Waals surface area contributed by atoms with Crippen LogP contribution >= 0.6 is 0 Å². The molecule has 2 aromatic rings. The van der Waals surface area contributed by atoms with E-state index in [1.165, 1.54) is 5.56 Å². The molecule has 1 saturated heterocycles. The zero-order chi connectivity index (χ0) is 21.8. The van der Waals surface area contributed by atoms with E-state index >= 15 is 0 Å². The van der Waals surface area contributed by atoms with Gasteiger partial charge in [0, 0.05) is 32.1 Å². The van der Waals surface area contributed by atoms with Gasteiger partial charge >= 0.3 is 0 Å². The van der Waals surface area contributed by atoms with Gasteiger partial charge in [0.2, 0.25) is 15.9 Å². The Balaban J connectivity index is 1.51. The molecule has 1 atom stereocenters. The van der Waals surface area contributed by atoms with Crippen LogP contribution in [0, 0.1) is 34.6 Å². The summed E-state index contributed by atoms with van der Waals surface area (Å²) in [4.78, 5) is 7.27. The summed E-state index contributed by atoms with van der Waals surface area (Å²) in [5.74, 6) is 1.91. The molecule has 0 spiro atoms. The SMILES string of the molecule is Cc1c(C)c(C)c(S(=O)(=O)N2CCN([C@@H](C)c3nc(C4CC4)no3)CC2)c(C)c1C. The number of sulfonamides is 1. The molecule has 164 valence electrons. The molecule has 0 radical (unpaired) electrons. The van der Waals surface area contributed by atoms with Crippen LogP contribution < -0.4 is 0 Å². The van der Waals surface area contributed by atoms with Crippen molar-refractivity contribution in [2.75, 3.05) is 26.2 Å². The molecular formula is C22H32N4O3S. The van der Waals surface area contributed by atoms with Gasteiger partial charge in [-0.05, 0) is 82.2 Å². The standard InChI is InChI=1S/C22H32N4O3S/c1-13-14(2)16(4)20(17(5)15(13)3)30(27,28)26-11-9-25(10-12-26)18(6)22-23-21(24-29-22)19-7-8-19/h18-19H,7-12H2,1-6H3/t18-/m0/s1. The fourth-order valence-electron chi connectivity index (χ4n) is 4.39. The lowest BCUT2D eigenvalue weighted by molar-refractivity contribution is 0.124. The van der Waals surface area contributed by atoms with Crippen molar-refractivity contribution in [2.45, 2.75) is 71.2 Å². The number of benzene rings is 1. The summed E-state index contributed by atoms with van der Waals surface area (Å²) >= 11 is 0. The molecule has 1 saturated carbocycles. The Morgan fingerprint density at radius 2 is 1.43 bits per heavy atom. The van der Waals surface area contributed by atoms with Crippen LogP contribution in [0.2, 0.25) is 0 Å². The van der Waals surface area contributed by atoms with Gasteiger partial charge in [-0.15, -0.1) is 0 Å². The fraction of sp³-hybridized carbons (Fsp3) is 0.636. The average molecular weight is 433 g/mol. The maximum atomic E-state index is 13.5. The van der Waals surface area contributed by atoms with Crippen LogP contribution in [0.15, 0.2) is 9.42 Å². The maximum absolute atomic E-state index is 13.5. The molecule has 1 aromatic heterocycles. The largest absolute Gasteiger partial charge is 0.338 e. The number of piperazine rings is 1. The first-order valence-corrected chi connectivity index (χ1v) is 12.2. The van der Waals surface area contributed by atoms with Crippen molar-refractivity contribution in [1.29, 1.82) is 0 Å². The average Bonchev–Trinajstić information content (AvgIpc) is 3.47. The first kappa shape index (κ1) is 21.5. The highest BCUT2D eigenvalue weighted by Gasteiger charge is 2.35. The molecule has 0 unspecified atom stereocenters. The Labute approximate surface area is 179 Å². The summed E-state index contributed by atoms with van der Waals surface area (Å²) in [6.07, 6.45) is 2.28. The maximum Gasteiger partial charge on any atom is 0.243 e. The molecule has 8 heteroatoms. The third kappa shape index (κ3) is 3.59. The van der Waals surface area contributed by atoms with E-state index in [0.717, 1.165) is 40.9 Å². The lowest BCUT2D eigenvalue weighted by Gasteiger charge is -2.36. The van der Waals surface area contributed by atoms with Gasteiger partial charge in [0.15, 0.2) is 5.82 Å². The predicted octanol–water partition coefficient (Wildman–Crippen LogP) is 3.56. The highest BCUT2D eigenvalue weighted by atomic mass is 32.2. The summed E-state index contributed by atoms with van der Waals surface area (Å²) < 4.78 is 34.2. The Morgan fingerprint density at radius 1 is 0.900 bits per heavy atom. The lowest BCUT2D eigenvalue weighted by atomic mass is 9.95. The van der Waals surface area contributed by atoms with Gasteiger partial charge in [0.25, 0.3) is 0 Å². The Bertz CT molecular complexity index is 1040. The van der Waals surface area contributed by atoms with Crippen LogP contribution in [0.3, 0.4) is 0 Å². The minimum Gasteiger partial charge on any atom is -0.338 e. The van der Waals surface area contributed by atoms with E-state index in [1.54, 1.807) is 4.31 Å². The molecule has 2 heterocycles. The third-order valence-electron chi connectivity index (χ3n) is 7.11. The monoisotopic (exact) mass is 432 g/mol. The zero-order valence-corrected chi connectivity index (χ0v) is 19.6. The number of rotatable bonds is 5. The molecule has 1 aliphatic carbocycles. The van der Waals surface area contributed by atoms with Crippen molar-refractivity contribution in [2.24, 2.45) is 0 Å². The van der Waals surface area contributed by atoms with Crippen molar-refractivity contribution < 1.29 is 12.9 Å². The molecule has 0 N–H and O–H groups in total. The van der Waals surface area contributed by atoms with Gasteiger partial charge in [0.1, 0.15) is 0 Å². The molecule has 1 aliphatic heterocycles. The summed E-state index contributed by atoms with van der Waals surface area (Å²) in [6.45, 7) is 14.2. The Kier molecular flexibility index (Phi) is 5.53. The highest BCUT2D eigenvalue weighted by Crippen LogP contribution is 2.39. The van der Waals surface area contributed by atoms with Crippen LogP contribution in [0.5, 0.6) is 0 Å². The molecule has 7 nitrogen and oxygen atoms in total. The topological polar surface area (TPSA) is 79.5 Å². The van der Waals surface area contributed by atoms with Crippen molar-refractivity contribution in [3.63, 3.8) is 0 Å². The van der Waals surface area contributed by atoms with Gasteiger partial charge in [-0.1, -0.05) is 5.16 Å². The van der Waals surface area contributed by atoms with Gasteiger partial charge < -0.3 is 4.52 Å².